The molecule has 0 spiro atoms. The number of rotatable bonds is 7. The van der Waals surface area contributed by atoms with Crippen molar-refractivity contribution < 1.29 is 4.74 Å². The van der Waals surface area contributed by atoms with Crippen LogP contribution in [-0.4, -0.2) is 20.4 Å². The SMILES string of the molecule is Cc1ccc(Cc2nnc(Cc3ccc(OCc4ccccc4)cc3)nn2)cc1. The molecule has 5 heteroatoms. The second kappa shape index (κ2) is 9.06. The Kier molecular flexibility index (Phi) is 5.86. The van der Waals surface area contributed by atoms with E-state index in [0.29, 0.717) is 31.1 Å². The lowest BCUT2D eigenvalue weighted by molar-refractivity contribution is 0.306. The van der Waals surface area contributed by atoms with Gasteiger partial charge in [-0.3, -0.25) is 0 Å². The van der Waals surface area contributed by atoms with Gasteiger partial charge in [-0.05, 0) is 35.7 Å². The molecule has 0 saturated heterocycles. The van der Waals surface area contributed by atoms with Crippen molar-refractivity contribution in [2.45, 2.75) is 26.4 Å². The van der Waals surface area contributed by atoms with E-state index >= 15 is 0 Å². The normalized spacial score (nSPS) is 10.7. The molecule has 0 saturated carbocycles. The summed E-state index contributed by atoms with van der Waals surface area (Å²) in [5, 5.41) is 16.9. The average molecular weight is 382 g/mol. The van der Waals surface area contributed by atoms with Crippen LogP contribution in [0.3, 0.4) is 0 Å². The summed E-state index contributed by atoms with van der Waals surface area (Å²) in [7, 11) is 0. The summed E-state index contributed by atoms with van der Waals surface area (Å²) in [4.78, 5) is 0. The van der Waals surface area contributed by atoms with E-state index in [0.717, 1.165) is 22.4 Å². The molecule has 0 unspecified atom stereocenters. The smallest absolute Gasteiger partial charge is 0.177 e. The molecular weight excluding hydrogens is 360 g/mol. The van der Waals surface area contributed by atoms with Crippen LogP contribution in [0.5, 0.6) is 5.75 Å². The number of hydrogen-bond donors (Lipinski definition) is 0. The van der Waals surface area contributed by atoms with Crippen LogP contribution in [0.25, 0.3) is 0 Å². The third-order valence-corrected chi connectivity index (χ3v) is 4.58. The molecule has 0 atom stereocenters. The van der Waals surface area contributed by atoms with Crippen LogP contribution < -0.4 is 4.74 Å². The zero-order valence-corrected chi connectivity index (χ0v) is 16.3. The Morgan fingerprint density at radius 3 is 1.66 bits per heavy atom. The average Bonchev–Trinajstić information content (AvgIpc) is 2.77. The van der Waals surface area contributed by atoms with Crippen LogP contribution in [0, 0.1) is 6.92 Å². The molecule has 1 aromatic heterocycles. The molecule has 0 bridgehead atoms. The molecule has 0 aliphatic rings. The van der Waals surface area contributed by atoms with E-state index in [1.165, 1.54) is 5.56 Å². The minimum atomic E-state index is 0.555. The molecule has 5 nitrogen and oxygen atoms in total. The van der Waals surface area contributed by atoms with Gasteiger partial charge in [-0.1, -0.05) is 72.3 Å². The second-order valence-electron chi connectivity index (χ2n) is 6.99. The molecule has 0 radical (unpaired) electrons. The molecular formula is C24H22N4O. The van der Waals surface area contributed by atoms with E-state index < -0.39 is 0 Å². The van der Waals surface area contributed by atoms with E-state index in [1.54, 1.807) is 0 Å². The highest BCUT2D eigenvalue weighted by Gasteiger charge is 2.05. The molecule has 29 heavy (non-hydrogen) atoms. The van der Waals surface area contributed by atoms with Crippen LogP contribution in [0.1, 0.15) is 33.9 Å². The van der Waals surface area contributed by atoms with E-state index in [4.69, 9.17) is 4.74 Å². The van der Waals surface area contributed by atoms with Crippen LogP contribution >= 0.6 is 0 Å². The first-order valence-corrected chi connectivity index (χ1v) is 9.61. The number of aromatic nitrogens is 4. The third kappa shape index (κ3) is 5.45. The first-order valence-electron chi connectivity index (χ1n) is 9.61. The number of ether oxygens (including phenoxy) is 1. The molecule has 4 aromatic rings. The fourth-order valence-corrected chi connectivity index (χ4v) is 2.93. The lowest BCUT2D eigenvalue weighted by Crippen LogP contribution is -2.06. The molecule has 0 amide bonds. The zero-order chi connectivity index (χ0) is 19.9. The van der Waals surface area contributed by atoms with E-state index in [1.807, 2.05) is 54.6 Å². The summed E-state index contributed by atoms with van der Waals surface area (Å²) in [5.41, 5.74) is 4.62. The molecule has 144 valence electrons. The lowest BCUT2D eigenvalue weighted by atomic mass is 10.1. The summed E-state index contributed by atoms with van der Waals surface area (Å²) in [6.07, 6.45) is 1.22. The maximum absolute atomic E-state index is 5.82. The fraction of sp³-hybridized carbons (Fsp3) is 0.167. The topological polar surface area (TPSA) is 60.8 Å². The van der Waals surface area contributed by atoms with Crippen LogP contribution in [0.4, 0.5) is 0 Å². The quantitative estimate of drug-likeness (QED) is 0.476. The summed E-state index contributed by atoms with van der Waals surface area (Å²) in [6.45, 7) is 2.62. The molecule has 0 aliphatic carbocycles. The van der Waals surface area contributed by atoms with Gasteiger partial charge in [0.15, 0.2) is 11.6 Å². The van der Waals surface area contributed by atoms with Gasteiger partial charge >= 0.3 is 0 Å². The number of nitrogens with zero attached hydrogens (tertiary/aromatic N) is 4. The first kappa shape index (κ1) is 18.7. The minimum absolute atomic E-state index is 0.555. The van der Waals surface area contributed by atoms with Crippen LogP contribution in [0.2, 0.25) is 0 Å². The maximum atomic E-state index is 5.82. The monoisotopic (exact) mass is 382 g/mol. The predicted molar refractivity (Wildman–Crippen MR) is 112 cm³/mol. The van der Waals surface area contributed by atoms with Crippen LogP contribution in [-0.2, 0) is 19.4 Å². The van der Waals surface area contributed by atoms with Crippen LogP contribution in [0.15, 0.2) is 78.9 Å². The number of benzene rings is 3. The van der Waals surface area contributed by atoms with Crippen molar-refractivity contribution in [3.8, 4) is 5.75 Å². The second-order valence-corrected chi connectivity index (χ2v) is 6.99. The van der Waals surface area contributed by atoms with E-state index in [9.17, 15) is 0 Å². The predicted octanol–water partition coefficient (Wildman–Crippen LogP) is 4.34. The molecule has 4 rings (SSSR count). The van der Waals surface area contributed by atoms with Crippen molar-refractivity contribution in [1.29, 1.82) is 0 Å². The van der Waals surface area contributed by atoms with Crippen molar-refractivity contribution in [2.24, 2.45) is 0 Å². The van der Waals surface area contributed by atoms with Gasteiger partial charge in [-0.25, -0.2) is 0 Å². The van der Waals surface area contributed by atoms with Gasteiger partial charge in [0.25, 0.3) is 0 Å². The Morgan fingerprint density at radius 1 is 0.586 bits per heavy atom. The Morgan fingerprint density at radius 2 is 1.10 bits per heavy atom. The Hall–Kier alpha value is -3.60. The van der Waals surface area contributed by atoms with Gasteiger partial charge in [0.05, 0.1) is 0 Å². The zero-order valence-electron chi connectivity index (χ0n) is 16.3. The standard InChI is InChI=1S/C24H22N4O/c1-18-7-9-19(10-8-18)15-23-25-27-24(28-26-23)16-20-11-13-22(14-12-20)29-17-21-5-3-2-4-6-21/h2-14H,15-17H2,1H3. The van der Waals surface area contributed by atoms with Crippen molar-refractivity contribution >= 4 is 0 Å². The van der Waals surface area contributed by atoms with E-state index in [-0.39, 0.29) is 0 Å². The largest absolute Gasteiger partial charge is 0.489 e. The maximum Gasteiger partial charge on any atom is 0.177 e. The van der Waals surface area contributed by atoms with Gasteiger partial charge < -0.3 is 4.74 Å². The number of hydrogen-bond acceptors (Lipinski definition) is 5. The minimum Gasteiger partial charge on any atom is -0.489 e. The summed E-state index contributed by atoms with van der Waals surface area (Å²) < 4.78 is 5.82. The molecule has 1 heterocycles. The van der Waals surface area contributed by atoms with Crippen molar-refractivity contribution in [3.05, 3.63) is 113 Å². The molecule has 3 aromatic carbocycles. The highest BCUT2D eigenvalue weighted by molar-refractivity contribution is 5.29. The Labute approximate surface area is 170 Å². The molecule has 0 aliphatic heterocycles. The van der Waals surface area contributed by atoms with Gasteiger partial charge in [0, 0.05) is 12.8 Å². The van der Waals surface area contributed by atoms with Crippen molar-refractivity contribution in [3.63, 3.8) is 0 Å². The highest BCUT2D eigenvalue weighted by Crippen LogP contribution is 2.15. The summed E-state index contributed by atoms with van der Waals surface area (Å²) in [5.74, 6) is 2.07. The van der Waals surface area contributed by atoms with Gasteiger partial charge in [-0.2, -0.15) is 0 Å². The summed E-state index contributed by atoms with van der Waals surface area (Å²) in [6, 6.07) is 26.4. The number of aryl methyl sites for hydroxylation is 1. The molecule has 0 N–H and O–H groups in total. The van der Waals surface area contributed by atoms with Crippen molar-refractivity contribution in [1.82, 2.24) is 20.4 Å². The Bertz CT molecular complexity index is 1030. The van der Waals surface area contributed by atoms with Crippen molar-refractivity contribution in [2.75, 3.05) is 0 Å². The van der Waals surface area contributed by atoms with Gasteiger partial charge in [0.2, 0.25) is 0 Å². The highest BCUT2D eigenvalue weighted by atomic mass is 16.5. The first-order chi connectivity index (χ1) is 14.2. The van der Waals surface area contributed by atoms with E-state index in [2.05, 4.69) is 51.6 Å². The van der Waals surface area contributed by atoms with Gasteiger partial charge in [-0.15, -0.1) is 20.4 Å². The fourth-order valence-electron chi connectivity index (χ4n) is 2.93. The summed E-state index contributed by atoms with van der Waals surface area (Å²) >= 11 is 0. The Balaban J connectivity index is 1.32. The lowest BCUT2D eigenvalue weighted by Gasteiger charge is -2.07. The van der Waals surface area contributed by atoms with Gasteiger partial charge in [0.1, 0.15) is 12.4 Å². The third-order valence-electron chi connectivity index (χ3n) is 4.58. The molecule has 0 fully saturated rings.